The Balaban J connectivity index is 2.34. The fraction of sp³-hybridized carbons (Fsp3) is 0.727. The van der Waals surface area contributed by atoms with Crippen molar-refractivity contribution >= 4 is 12.6 Å². The molecule has 2 nitrogen and oxygen atoms in total. The monoisotopic (exact) mass is 330 g/mol. The van der Waals surface area contributed by atoms with Gasteiger partial charge < -0.3 is 4.79 Å². The highest BCUT2D eigenvalue weighted by molar-refractivity contribution is 5.82. The number of carbonyl (C=O) groups excluding carboxylic acids is 2. The summed E-state index contributed by atoms with van der Waals surface area (Å²) in [6.07, 6.45) is 13.0. The summed E-state index contributed by atoms with van der Waals surface area (Å²) in [6, 6.07) is 0. The van der Waals surface area contributed by atoms with Crippen molar-refractivity contribution in [1.82, 2.24) is 0 Å². The van der Waals surface area contributed by atoms with Gasteiger partial charge in [-0.2, -0.15) is 0 Å². The van der Waals surface area contributed by atoms with Crippen LogP contribution in [0, 0.1) is 28.6 Å². The number of aldehydes is 2. The Hall–Kier alpha value is -1.18. The number of hydrogen-bond acceptors (Lipinski definition) is 2. The second kappa shape index (κ2) is 7.37. The van der Waals surface area contributed by atoms with Gasteiger partial charge in [0, 0.05) is 5.92 Å². The molecule has 0 amide bonds. The number of carbonyl (C=O) groups is 2. The van der Waals surface area contributed by atoms with E-state index in [-0.39, 0.29) is 16.7 Å². The highest BCUT2D eigenvalue weighted by Crippen LogP contribution is 2.61. The maximum atomic E-state index is 11.8. The van der Waals surface area contributed by atoms with Crippen molar-refractivity contribution in [2.24, 2.45) is 28.6 Å². The van der Waals surface area contributed by atoms with E-state index in [0.717, 1.165) is 44.7 Å². The van der Waals surface area contributed by atoms with Crippen LogP contribution in [-0.4, -0.2) is 12.6 Å². The zero-order chi connectivity index (χ0) is 18.0. The first kappa shape index (κ1) is 19.1. The lowest BCUT2D eigenvalue weighted by atomic mass is 9.46. The van der Waals surface area contributed by atoms with Gasteiger partial charge in [0.05, 0.1) is 0 Å². The molecule has 24 heavy (non-hydrogen) atoms. The summed E-state index contributed by atoms with van der Waals surface area (Å²) in [7, 11) is 0. The molecule has 2 aliphatic rings. The molecule has 0 bridgehead atoms. The summed E-state index contributed by atoms with van der Waals surface area (Å²) in [4.78, 5) is 23.2. The lowest BCUT2D eigenvalue weighted by Gasteiger charge is -2.58. The molecule has 0 spiro atoms. The predicted molar refractivity (Wildman–Crippen MR) is 99.7 cm³/mol. The van der Waals surface area contributed by atoms with Crippen LogP contribution >= 0.6 is 0 Å². The molecule has 2 rings (SSSR count). The van der Waals surface area contributed by atoms with Gasteiger partial charge in [-0.15, -0.1) is 0 Å². The van der Waals surface area contributed by atoms with E-state index in [1.807, 2.05) is 6.08 Å². The summed E-state index contributed by atoms with van der Waals surface area (Å²) >= 11 is 0. The van der Waals surface area contributed by atoms with Crippen LogP contribution in [0.25, 0.3) is 0 Å². The molecule has 0 aliphatic heterocycles. The van der Waals surface area contributed by atoms with E-state index in [0.29, 0.717) is 17.4 Å². The minimum Gasteiger partial charge on any atom is -0.303 e. The zero-order valence-corrected chi connectivity index (χ0v) is 16.1. The molecule has 2 heteroatoms. The van der Waals surface area contributed by atoms with E-state index in [1.54, 1.807) is 0 Å². The summed E-state index contributed by atoms with van der Waals surface area (Å²) in [5.74, 6) is 0.832. The standard InChI is InChI=1S/C22H34O2/c1-6-16(2)8-9-17(3)21(4)12-7-13-22(5)19(15-24)18(14-23)10-11-20(21)22/h8,10,14-15,17,19-20H,6-7,9,11-13H2,1-5H3/b16-8-/t17?,19-,20-,21-,22+/m1/s1. The van der Waals surface area contributed by atoms with E-state index in [2.05, 4.69) is 40.7 Å². The van der Waals surface area contributed by atoms with E-state index in [9.17, 15) is 9.59 Å². The Labute approximate surface area is 147 Å². The van der Waals surface area contributed by atoms with Gasteiger partial charge in [-0.3, -0.25) is 4.79 Å². The van der Waals surface area contributed by atoms with Crippen molar-refractivity contribution in [2.45, 2.75) is 73.1 Å². The Morgan fingerprint density at radius 1 is 1.33 bits per heavy atom. The van der Waals surface area contributed by atoms with E-state index in [1.165, 1.54) is 12.0 Å². The largest absolute Gasteiger partial charge is 0.303 e. The first-order chi connectivity index (χ1) is 11.3. The molecular formula is C22H34O2. The van der Waals surface area contributed by atoms with Crippen LogP contribution < -0.4 is 0 Å². The fourth-order valence-electron chi connectivity index (χ4n) is 5.36. The molecule has 1 fully saturated rings. The first-order valence-corrected chi connectivity index (χ1v) is 9.59. The third kappa shape index (κ3) is 3.17. The minimum absolute atomic E-state index is 0.0719. The lowest BCUT2D eigenvalue weighted by molar-refractivity contribution is -0.125. The van der Waals surface area contributed by atoms with E-state index in [4.69, 9.17) is 0 Å². The summed E-state index contributed by atoms with van der Waals surface area (Å²) < 4.78 is 0. The molecule has 5 atom stereocenters. The van der Waals surface area contributed by atoms with Gasteiger partial charge in [0.15, 0.2) is 0 Å². The van der Waals surface area contributed by atoms with Crippen LogP contribution in [0.5, 0.6) is 0 Å². The molecule has 1 unspecified atom stereocenters. The molecule has 1 saturated carbocycles. The Morgan fingerprint density at radius 2 is 2.04 bits per heavy atom. The molecule has 0 aromatic rings. The summed E-state index contributed by atoms with van der Waals surface area (Å²) in [5.41, 5.74) is 2.32. The highest BCUT2D eigenvalue weighted by Gasteiger charge is 2.55. The van der Waals surface area contributed by atoms with Crippen molar-refractivity contribution in [1.29, 1.82) is 0 Å². The predicted octanol–water partition coefficient (Wildman–Crippen LogP) is 5.53. The molecule has 0 saturated heterocycles. The van der Waals surface area contributed by atoms with Gasteiger partial charge >= 0.3 is 0 Å². The number of allylic oxidation sites excluding steroid dienone is 4. The Bertz CT molecular complexity index is 544. The van der Waals surface area contributed by atoms with Gasteiger partial charge in [0.2, 0.25) is 0 Å². The maximum absolute atomic E-state index is 11.8. The molecule has 0 aromatic carbocycles. The molecule has 2 aliphatic carbocycles. The van der Waals surface area contributed by atoms with E-state index < -0.39 is 0 Å². The quantitative estimate of drug-likeness (QED) is 0.474. The summed E-state index contributed by atoms with van der Waals surface area (Å²) in [5, 5.41) is 0. The van der Waals surface area contributed by atoms with Crippen molar-refractivity contribution in [3.8, 4) is 0 Å². The smallest absolute Gasteiger partial charge is 0.146 e. The van der Waals surface area contributed by atoms with Gasteiger partial charge in [-0.1, -0.05) is 51.8 Å². The van der Waals surface area contributed by atoms with Crippen molar-refractivity contribution in [3.05, 3.63) is 23.3 Å². The number of rotatable bonds is 6. The molecule has 0 heterocycles. The minimum atomic E-state index is -0.228. The van der Waals surface area contributed by atoms with Gasteiger partial charge in [0.1, 0.15) is 12.6 Å². The number of fused-ring (bicyclic) bond motifs is 1. The second-order valence-corrected chi connectivity index (χ2v) is 8.63. The van der Waals surface area contributed by atoms with Crippen LogP contribution in [0.15, 0.2) is 23.3 Å². The molecule has 0 aromatic heterocycles. The fourth-order valence-corrected chi connectivity index (χ4v) is 5.36. The van der Waals surface area contributed by atoms with Crippen LogP contribution in [0.1, 0.15) is 73.1 Å². The topological polar surface area (TPSA) is 34.1 Å². The SMILES string of the molecule is CC/C(C)=C\CC(C)[C@@]1(C)CCC[C@@]2(C)[C@H](C=O)C(C=O)=CC[C@@H]21. The van der Waals surface area contributed by atoms with Gasteiger partial charge in [-0.05, 0) is 67.3 Å². The van der Waals surface area contributed by atoms with Crippen LogP contribution in [0.4, 0.5) is 0 Å². The van der Waals surface area contributed by atoms with Crippen molar-refractivity contribution in [3.63, 3.8) is 0 Å². The highest BCUT2D eigenvalue weighted by atomic mass is 16.1. The Morgan fingerprint density at radius 3 is 2.62 bits per heavy atom. The lowest BCUT2D eigenvalue weighted by Crippen LogP contribution is -2.52. The average Bonchev–Trinajstić information content (AvgIpc) is 2.57. The summed E-state index contributed by atoms with van der Waals surface area (Å²) in [6.45, 7) is 11.5. The molecule has 134 valence electrons. The van der Waals surface area contributed by atoms with Crippen LogP contribution in [0.2, 0.25) is 0 Å². The second-order valence-electron chi connectivity index (χ2n) is 8.63. The van der Waals surface area contributed by atoms with Crippen LogP contribution in [0.3, 0.4) is 0 Å². The average molecular weight is 331 g/mol. The molecule has 0 radical (unpaired) electrons. The first-order valence-electron chi connectivity index (χ1n) is 9.59. The van der Waals surface area contributed by atoms with E-state index >= 15 is 0 Å². The van der Waals surface area contributed by atoms with Gasteiger partial charge in [0.25, 0.3) is 0 Å². The third-order valence-corrected chi connectivity index (χ3v) is 7.46. The normalized spacial score (nSPS) is 38.0. The van der Waals surface area contributed by atoms with Crippen molar-refractivity contribution in [2.75, 3.05) is 0 Å². The number of hydrogen-bond donors (Lipinski definition) is 0. The zero-order valence-electron chi connectivity index (χ0n) is 16.1. The Kier molecular flexibility index (Phi) is 5.88. The molecular weight excluding hydrogens is 296 g/mol. The molecule has 0 N–H and O–H groups in total. The van der Waals surface area contributed by atoms with Crippen molar-refractivity contribution < 1.29 is 9.59 Å². The van der Waals surface area contributed by atoms with Gasteiger partial charge in [-0.25, -0.2) is 0 Å². The van der Waals surface area contributed by atoms with Crippen LogP contribution in [-0.2, 0) is 9.59 Å². The maximum Gasteiger partial charge on any atom is 0.146 e. The third-order valence-electron chi connectivity index (χ3n) is 7.46.